The molecule has 0 heterocycles. The maximum atomic E-state index is 10.1. The second kappa shape index (κ2) is 3.57. The van der Waals surface area contributed by atoms with E-state index in [0.29, 0.717) is 0 Å². The van der Waals surface area contributed by atoms with Crippen LogP contribution in [0.4, 0.5) is 0 Å². The normalized spacial score (nSPS) is 11.2. The highest BCUT2D eigenvalue weighted by atomic mass is 32.2. The first-order valence-electron chi connectivity index (χ1n) is 2.03. The van der Waals surface area contributed by atoms with E-state index in [2.05, 4.69) is 10.8 Å². The van der Waals surface area contributed by atoms with E-state index in [-0.39, 0.29) is 6.61 Å². The van der Waals surface area contributed by atoms with Gasteiger partial charge in [0, 0.05) is 0 Å². The van der Waals surface area contributed by atoms with Crippen molar-refractivity contribution in [2.75, 3.05) is 6.61 Å². The summed E-state index contributed by atoms with van der Waals surface area (Å²) in [7, 11) is -3.95. The Hall–Kier alpha value is -0.430. The van der Waals surface area contributed by atoms with Gasteiger partial charge in [0.1, 0.15) is 0 Å². The van der Waals surface area contributed by atoms with Crippen molar-refractivity contribution in [2.45, 2.75) is 0 Å². The molecule has 0 amide bonds. The molecule has 0 unspecified atom stereocenters. The summed E-state index contributed by atoms with van der Waals surface area (Å²) >= 11 is 0. The number of rotatable bonds is 4. The molecule has 0 saturated heterocycles. The molecule has 0 aromatic rings. The second-order valence-corrected chi connectivity index (χ2v) is 2.45. The summed E-state index contributed by atoms with van der Waals surface area (Å²) in [5.74, 6) is 0. The van der Waals surface area contributed by atoms with E-state index in [1.807, 2.05) is 0 Å². The van der Waals surface area contributed by atoms with Crippen molar-refractivity contribution in [1.82, 2.24) is 4.89 Å². The van der Waals surface area contributed by atoms with Crippen LogP contribution in [0, 0.1) is 0 Å². The molecule has 0 spiro atoms. The molecule has 0 aliphatic rings. The minimum absolute atomic E-state index is 0.157. The Morgan fingerprint density at radius 2 is 2.33 bits per heavy atom. The summed E-state index contributed by atoms with van der Waals surface area (Å²) in [5.41, 5.74) is 0. The van der Waals surface area contributed by atoms with Gasteiger partial charge in [-0.1, -0.05) is 11.0 Å². The smallest absolute Gasteiger partial charge is 0.300 e. The summed E-state index contributed by atoms with van der Waals surface area (Å²) in [6.07, 6.45) is 1.24. The number of hydrogen-bond donors (Lipinski definition) is 2. The summed E-state index contributed by atoms with van der Waals surface area (Å²) in [5, 5.41) is 7.82. The van der Waals surface area contributed by atoms with Crippen LogP contribution in [0.25, 0.3) is 0 Å². The first-order chi connectivity index (χ1) is 4.12. The largest absolute Gasteiger partial charge is 0.358 e. The van der Waals surface area contributed by atoms with Gasteiger partial charge >= 0.3 is 10.3 Å². The summed E-state index contributed by atoms with van der Waals surface area (Å²) in [6.45, 7) is 3.04. The molecule has 0 rings (SSSR count). The van der Waals surface area contributed by atoms with Crippen molar-refractivity contribution in [3.63, 3.8) is 0 Å². The minimum atomic E-state index is -3.95. The van der Waals surface area contributed by atoms with Gasteiger partial charge in [-0.3, -0.25) is 4.18 Å². The van der Waals surface area contributed by atoms with Crippen LogP contribution in [0.5, 0.6) is 0 Å². The molecule has 0 aromatic heterocycles. The van der Waals surface area contributed by atoms with E-state index in [0.717, 1.165) is 4.89 Å². The maximum Gasteiger partial charge on any atom is 0.358 e. The van der Waals surface area contributed by atoms with E-state index in [1.165, 1.54) is 6.08 Å². The predicted molar refractivity (Wildman–Crippen MR) is 30.0 cm³/mol. The lowest BCUT2D eigenvalue weighted by Gasteiger charge is -1.96. The van der Waals surface area contributed by atoms with Gasteiger partial charge in [0.15, 0.2) is 0 Å². The van der Waals surface area contributed by atoms with E-state index in [1.54, 1.807) is 0 Å². The molecule has 0 saturated carbocycles. The predicted octanol–water partition coefficient (Wildman–Crippen LogP) is -0.587. The Balaban J connectivity index is 3.74. The van der Waals surface area contributed by atoms with Crippen LogP contribution >= 0.6 is 0 Å². The highest BCUT2D eigenvalue weighted by molar-refractivity contribution is 7.84. The monoisotopic (exact) mass is 153 g/mol. The van der Waals surface area contributed by atoms with Crippen LogP contribution in [0.1, 0.15) is 0 Å². The Kier molecular flexibility index (Phi) is 3.40. The molecular weight excluding hydrogens is 146 g/mol. The van der Waals surface area contributed by atoms with Crippen LogP contribution < -0.4 is 4.89 Å². The quantitative estimate of drug-likeness (QED) is 0.418. The average Bonchev–Trinajstić information content (AvgIpc) is 1.84. The minimum Gasteiger partial charge on any atom is -0.300 e. The lowest BCUT2D eigenvalue weighted by atomic mass is 10.7. The van der Waals surface area contributed by atoms with Gasteiger partial charge in [0.25, 0.3) is 0 Å². The molecule has 0 atom stereocenters. The van der Waals surface area contributed by atoms with Gasteiger partial charge in [0.05, 0.1) is 6.61 Å². The molecule has 0 aliphatic heterocycles. The van der Waals surface area contributed by atoms with Gasteiger partial charge in [0.2, 0.25) is 0 Å². The highest BCUT2D eigenvalue weighted by Gasteiger charge is 2.04. The average molecular weight is 153 g/mol. The third kappa shape index (κ3) is 4.10. The SMILES string of the molecule is C=CCOS(=O)(=O)NO. The van der Waals surface area contributed by atoms with E-state index in [9.17, 15) is 8.42 Å². The van der Waals surface area contributed by atoms with Crippen molar-refractivity contribution >= 4 is 10.3 Å². The van der Waals surface area contributed by atoms with Gasteiger partial charge in [-0.2, -0.15) is 8.42 Å². The van der Waals surface area contributed by atoms with Crippen LogP contribution in [-0.2, 0) is 14.5 Å². The fourth-order valence-corrected chi connectivity index (χ4v) is 0.492. The van der Waals surface area contributed by atoms with E-state index >= 15 is 0 Å². The molecule has 5 nitrogen and oxygen atoms in total. The van der Waals surface area contributed by atoms with Crippen LogP contribution in [0.3, 0.4) is 0 Å². The Morgan fingerprint density at radius 1 is 1.78 bits per heavy atom. The molecule has 2 N–H and O–H groups in total. The third-order valence-corrected chi connectivity index (χ3v) is 1.12. The van der Waals surface area contributed by atoms with Crippen LogP contribution in [0.15, 0.2) is 12.7 Å². The lowest BCUT2D eigenvalue weighted by molar-refractivity contribution is 0.211. The highest BCUT2D eigenvalue weighted by Crippen LogP contribution is 1.83. The fourth-order valence-electron chi connectivity index (χ4n) is 0.164. The van der Waals surface area contributed by atoms with Crippen molar-refractivity contribution in [2.24, 2.45) is 0 Å². The Morgan fingerprint density at radius 3 is 2.67 bits per heavy atom. The lowest BCUT2D eigenvalue weighted by Crippen LogP contribution is -2.21. The molecule has 0 bridgehead atoms. The molecule has 0 aliphatic carbocycles. The topological polar surface area (TPSA) is 75.6 Å². The summed E-state index contributed by atoms with van der Waals surface area (Å²) < 4.78 is 24.3. The van der Waals surface area contributed by atoms with Crippen LogP contribution in [0.2, 0.25) is 0 Å². The Bertz CT molecular complexity index is 172. The zero-order chi connectivity index (χ0) is 7.33. The van der Waals surface area contributed by atoms with Crippen molar-refractivity contribution in [1.29, 1.82) is 0 Å². The van der Waals surface area contributed by atoms with Gasteiger partial charge < -0.3 is 5.21 Å². The van der Waals surface area contributed by atoms with Crippen molar-refractivity contribution < 1.29 is 17.8 Å². The van der Waals surface area contributed by atoms with E-state index < -0.39 is 10.3 Å². The zero-order valence-electron chi connectivity index (χ0n) is 4.57. The van der Waals surface area contributed by atoms with Crippen molar-refractivity contribution in [3.8, 4) is 0 Å². The third-order valence-electron chi connectivity index (χ3n) is 0.453. The van der Waals surface area contributed by atoms with Crippen molar-refractivity contribution in [3.05, 3.63) is 12.7 Å². The molecule has 0 fully saturated rings. The van der Waals surface area contributed by atoms with E-state index in [4.69, 9.17) is 5.21 Å². The molecule has 9 heavy (non-hydrogen) atoms. The number of hydrogen-bond acceptors (Lipinski definition) is 4. The molecule has 54 valence electrons. The van der Waals surface area contributed by atoms with Gasteiger partial charge in [-0.05, 0) is 0 Å². The molecule has 0 radical (unpaired) electrons. The second-order valence-electron chi connectivity index (χ2n) is 1.12. The van der Waals surface area contributed by atoms with Gasteiger partial charge in [-0.15, -0.1) is 6.58 Å². The first kappa shape index (κ1) is 8.57. The molecular formula is C3H7NO4S. The van der Waals surface area contributed by atoms with Crippen LogP contribution in [-0.4, -0.2) is 20.2 Å². The summed E-state index contributed by atoms with van der Waals surface area (Å²) in [4.78, 5) is 0.978. The standard InChI is InChI=1S/C3H7NO4S/c1-2-3-8-9(6,7)4-5/h2,4-5H,1,3H2. The number of nitrogens with one attached hydrogen (secondary N) is 1. The molecule has 0 aromatic carbocycles. The zero-order valence-corrected chi connectivity index (χ0v) is 5.39. The summed E-state index contributed by atoms with van der Waals surface area (Å²) in [6, 6.07) is 0. The first-order valence-corrected chi connectivity index (χ1v) is 3.44. The maximum absolute atomic E-state index is 10.1. The molecule has 6 heteroatoms. The fraction of sp³-hybridized carbons (Fsp3) is 0.333. The van der Waals surface area contributed by atoms with Gasteiger partial charge in [-0.25, -0.2) is 0 Å². The Labute approximate surface area is 53.2 Å².